The van der Waals surface area contributed by atoms with Crippen LogP contribution in [0.3, 0.4) is 0 Å². The summed E-state index contributed by atoms with van der Waals surface area (Å²) in [7, 11) is 1.37. The SMILES string of the molecule is CCNC(=NCc1ccc(C(=O)OC)cc1)NCC(CC)(CC)CCO.I. The summed E-state index contributed by atoms with van der Waals surface area (Å²) < 4.78 is 4.71. The molecule has 6 nitrogen and oxygen atoms in total. The van der Waals surface area contributed by atoms with Crippen LogP contribution < -0.4 is 10.6 Å². The highest BCUT2D eigenvalue weighted by atomic mass is 127. The molecular formula is C20H34IN3O3. The number of methoxy groups -OCH3 is 1. The van der Waals surface area contributed by atoms with Gasteiger partial charge in [-0.15, -0.1) is 24.0 Å². The molecule has 0 aliphatic rings. The zero-order valence-electron chi connectivity index (χ0n) is 16.9. The van der Waals surface area contributed by atoms with Gasteiger partial charge in [-0.25, -0.2) is 9.79 Å². The Hall–Kier alpha value is -1.35. The molecule has 0 aromatic heterocycles. The molecule has 1 rings (SSSR count). The second kappa shape index (κ2) is 13.8. The van der Waals surface area contributed by atoms with Crippen molar-refractivity contribution in [2.45, 2.75) is 46.6 Å². The van der Waals surface area contributed by atoms with Gasteiger partial charge in [0.25, 0.3) is 0 Å². The number of rotatable bonds is 10. The Morgan fingerprint density at radius 2 is 1.78 bits per heavy atom. The molecule has 0 spiro atoms. The van der Waals surface area contributed by atoms with Crippen molar-refractivity contribution in [2.24, 2.45) is 10.4 Å². The van der Waals surface area contributed by atoms with Crippen molar-refractivity contribution in [3.05, 3.63) is 35.4 Å². The molecule has 1 aromatic carbocycles. The number of halogens is 1. The number of esters is 1. The fraction of sp³-hybridized carbons (Fsp3) is 0.600. The molecule has 0 fully saturated rings. The van der Waals surface area contributed by atoms with Gasteiger partial charge in [0.05, 0.1) is 19.2 Å². The van der Waals surface area contributed by atoms with Crippen LogP contribution >= 0.6 is 24.0 Å². The topological polar surface area (TPSA) is 83.0 Å². The standard InChI is InChI=1S/C20H33N3O3.HI/c1-5-20(6-2,12-13-24)15-23-19(21-7-3)22-14-16-8-10-17(11-9-16)18(25)26-4;/h8-11,24H,5-7,12-15H2,1-4H3,(H2,21,22,23);1H. The van der Waals surface area contributed by atoms with Gasteiger partial charge in [-0.1, -0.05) is 26.0 Å². The van der Waals surface area contributed by atoms with E-state index in [-0.39, 0.29) is 42.0 Å². The van der Waals surface area contributed by atoms with E-state index in [9.17, 15) is 9.90 Å². The van der Waals surface area contributed by atoms with Crippen molar-refractivity contribution in [1.82, 2.24) is 10.6 Å². The average Bonchev–Trinajstić information content (AvgIpc) is 2.68. The van der Waals surface area contributed by atoms with Gasteiger partial charge < -0.3 is 20.5 Å². The zero-order chi connectivity index (χ0) is 19.4. The van der Waals surface area contributed by atoms with Gasteiger partial charge >= 0.3 is 5.97 Å². The maximum atomic E-state index is 11.5. The van der Waals surface area contributed by atoms with Crippen LogP contribution in [-0.2, 0) is 11.3 Å². The highest BCUT2D eigenvalue weighted by Gasteiger charge is 2.25. The molecule has 0 aliphatic carbocycles. The molecule has 0 heterocycles. The Morgan fingerprint density at radius 3 is 2.26 bits per heavy atom. The number of nitrogens with zero attached hydrogens (tertiary/aromatic N) is 1. The number of nitrogens with one attached hydrogen (secondary N) is 2. The molecule has 0 bridgehead atoms. The summed E-state index contributed by atoms with van der Waals surface area (Å²) >= 11 is 0. The number of carbonyl (C=O) groups is 1. The first-order valence-electron chi connectivity index (χ1n) is 9.34. The average molecular weight is 491 g/mol. The number of aliphatic imine (C=N–C) groups is 1. The van der Waals surface area contributed by atoms with Gasteiger partial charge in [0.15, 0.2) is 5.96 Å². The summed E-state index contributed by atoms with van der Waals surface area (Å²) in [5, 5.41) is 16.0. The summed E-state index contributed by atoms with van der Waals surface area (Å²) in [5.41, 5.74) is 1.63. The van der Waals surface area contributed by atoms with E-state index in [1.165, 1.54) is 7.11 Å². The number of guanidine groups is 1. The van der Waals surface area contributed by atoms with Crippen molar-refractivity contribution in [3.63, 3.8) is 0 Å². The molecule has 1 aromatic rings. The molecule has 27 heavy (non-hydrogen) atoms. The minimum absolute atomic E-state index is 0. The molecular weight excluding hydrogens is 457 g/mol. The van der Waals surface area contributed by atoms with Gasteiger partial charge in [-0.05, 0) is 49.3 Å². The van der Waals surface area contributed by atoms with E-state index >= 15 is 0 Å². The Kier molecular flexibility index (Phi) is 13.1. The lowest BCUT2D eigenvalue weighted by molar-refractivity contribution is 0.0600. The molecule has 7 heteroatoms. The molecule has 0 saturated carbocycles. The maximum absolute atomic E-state index is 11.5. The first-order chi connectivity index (χ1) is 12.5. The van der Waals surface area contributed by atoms with Gasteiger partial charge in [-0.2, -0.15) is 0 Å². The predicted molar refractivity (Wildman–Crippen MR) is 121 cm³/mol. The third-order valence-corrected chi connectivity index (χ3v) is 4.91. The van der Waals surface area contributed by atoms with Crippen molar-refractivity contribution in [2.75, 3.05) is 26.8 Å². The zero-order valence-corrected chi connectivity index (χ0v) is 19.2. The second-order valence-corrected chi connectivity index (χ2v) is 6.42. The van der Waals surface area contributed by atoms with Crippen molar-refractivity contribution < 1.29 is 14.6 Å². The van der Waals surface area contributed by atoms with E-state index in [4.69, 9.17) is 4.74 Å². The number of carbonyl (C=O) groups excluding carboxylic acids is 1. The fourth-order valence-electron chi connectivity index (χ4n) is 2.83. The third kappa shape index (κ3) is 8.47. The van der Waals surface area contributed by atoms with Crippen LogP contribution in [-0.4, -0.2) is 43.8 Å². The Bertz CT molecular complexity index is 572. The fourth-order valence-corrected chi connectivity index (χ4v) is 2.83. The summed E-state index contributed by atoms with van der Waals surface area (Å²) in [6, 6.07) is 7.26. The van der Waals surface area contributed by atoms with Crippen LogP contribution in [0.4, 0.5) is 0 Å². The van der Waals surface area contributed by atoms with Crippen LogP contribution in [0.5, 0.6) is 0 Å². The number of benzene rings is 1. The Morgan fingerprint density at radius 1 is 1.15 bits per heavy atom. The van der Waals surface area contributed by atoms with E-state index in [1.54, 1.807) is 12.1 Å². The Labute approximate surface area is 180 Å². The highest BCUT2D eigenvalue weighted by Crippen LogP contribution is 2.29. The minimum Gasteiger partial charge on any atom is -0.465 e. The van der Waals surface area contributed by atoms with Gasteiger partial charge in [-0.3, -0.25) is 0 Å². The molecule has 0 aliphatic heterocycles. The number of hydrogen-bond donors (Lipinski definition) is 3. The van der Waals surface area contributed by atoms with E-state index in [1.807, 2.05) is 19.1 Å². The first-order valence-corrected chi connectivity index (χ1v) is 9.34. The van der Waals surface area contributed by atoms with Crippen LogP contribution in [0.2, 0.25) is 0 Å². The van der Waals surface area contributed by atoms with E-state index in [2.05, 4.69) is 29.5 Å². The summed E-state index contributed by atoms with van der Waals surface area (Å²) in [4.78, 5) is 16.1. The number of hydrogen-bond acceptors (Lipinski definition) is 4. The molecule has 0 saturated heterocycles. The molecule has 154 valence electrons. The lowest BCUT2D eigenvalue weighted by Crippen LogP contribution is -2.43. The van der Waals surface area contributed by atoms with E-state index < -0.39 is 0 Å². The van der Waals surface area contributed by atoms with Gasteiger partial charge in [0, 0.05) is 19.7 Å². The monoisotopic (exact) mass is 491 g/mol. The molecule has 0 radical (unpaired) electrons. The largest absolute Gasteiger partial charge is 0.465 e. The lowest BCUT2D eigenvalue weighted by Gasteiger charge is -2.32. The lowest BCUT2D eigenvalue weighted by atomic mass is 9.79. The van der Waals surface area contributed by atoms with Crippen LogP contribution in [0.1, 0.15) is 56.0 Å². The van der Waals surface area contributed by atoms with Gasteiger partial charge in [0.1, 0.15) is 0 Å². The minimum atomic E-state index is -0.339. The molecule has 0 unspecified atom stereocenters. The van der Waals surface area contributed by atoms with E-state index in [0.717, 1.165) is 43.9 Å². The van der Waals surface area contributed by atoms with E-state index in [0.29, 0.717) is 12.1 Å². The van der Waals surface area contributed by atoms with Crippen LogP contribution in [0.15, 0.2) is 29.3 Å². The number of aliphatic hydroxyl groups is 1. The second-order valence-electron chi connectivity index (χ2n) is 6.42. The summed E-state index contributed by atoms with van der Waals surface area (Å²) in [5.74, 6) is 0.420. The number of aliphatic hydroxyl groups excluding tert-OH is 1. The smallest absolute Gasteiger partial charge is 0.337 e. The summed E-state index contributed by atoms with van der Waals surface area (Å²) in [6.45, 7) is 8.61. The maximum Gasteiger partial charge on any atom is 0.337 e. The van der Waals surface area contributed by atoms with Crippen molar-refractivity contribution in [3.8, 4) is 0 Å². The first kappa shape index (κ1) is 25.6. The quantitative estimate of drug-likeness (QED) is 0.203. The predicted octanol–water partition coefficient (Wildman–Crippen LogP) is 3.34. The Balaban J connectivity index is 0.00000676. The van der Waals surface area contributed by atoms with Crippen molar-refractivity contribution in [1.29, 1.82) is 0 Å². The summed E-state index contributed by atoms with van der Waals surface area (Å²) in [6.07, 6.45) is 2.79. The van der Waals surface area contributed by atoms with Crippen LogP contribution in [0.25, 0.3) is 0 Å². The van der Waals surface area contributed by atoms with Crippen molar-refractivity contribution >= 4 is 35.9 Å². The number of ether oxygens (including phenoxy) is 1. The van der Waals surface area contributed by atoms with Gasteiger partial charge in [0.2, 0.25) is 0 Å². The normalized spacial score (nSPS) is 11.5. The van der Waals surface area contributed by atoms with Crippen LogP contribution in [0, 0.1) is 5.41 Å². The molecule has 3 N–H and O–H groups in total. The highest BCUT2D eigenvalue weighted by molar-refractivity contribution is 14.0. The third-order valence-electron chi connectivity index (χ3n) is 4.91. The molecule has 0 atom stereocenters. The molecule has 0 amide bonds.